The van der Waals surface area contributed by atoms with Gasteiger partial charge < -0.3 is 11.1 Å². The van der Waals surface area contributed by atoms with Crippen LogP contribution in [0.15, 0.2) is 30.3 Å². The van der Waals surface area contributed by atoms with E-state index in [1.807, 2.05) is 30.3 Å². The van der Waals surface area contributed by atoms with Crippen LogP contribution in [0.2, 0.25) is 0 Å². The zero-order valence-corrected chi connectivity index (χ0v) is 13.4. The SMILES string of the molecule is NC(C(=O)Nc1nc2c(s1)CCCCCC2)c1ccccc1. The predicted octanol–water partition coefficient (Wildman–Crippen LogP) is 3.44. The van der Waals surface area contributed by atoms with Gasteiger partial charge in [-0.1, -0.05) is 43.2 Å². The minimum Gasteiger partial charge on any atom is -0.316 e. The lowest BCUT2D eigenvalue weighted by Gasteiger charge is -2.10. The Balaban J connectivity index is 1.70. The molecule has 22 heavy (non-hydrogen) atoms. The van der Waals surface area contributed by atoms with Crippen LogP contribution in [0.1, 0.15) is 47.9 Å². The summed E-state index contributed by atoms with van der Waals surface area (Å²) in [6.07, 6.45) is 7.06. The van der Waals surface area contributed by atoms with Crippen molar-refractivity contribution < 1.29 is 4.79 Å². The molecule has 1 aromatic carbocycles. The lowest BCUT2D eigenvalue weighted by Crippen LogP contribution is -2.27. The number of aromatic nitrogens is 1. The third-order valence-corrected chi connectivity index (χ3v) is 5.09. The van der Waals surface area contributed by atoms with E-state index in [9.17, 15) is 4.79 Å². The number of nitrogens with one attached hydrogen (secondary N) is 1. The Kier molecular flexibility index (Phi) is 4.85. The quantitative estimate of drug-likeness (QED) is 0.911. The number of carbonyl (C=O) groups excluding carboxylic acids is 1. The lowest BCUT2D eigenvalue weighted by molar-refractivity contribution is -0.117. The first-order valence-corrected chi connectivity index (χ1v) is 8.65. The van der Waals surface area contributed by atoms with Crippen LogP contribution in [0, 0.1) is 0 Å². The van der Waals surface area contributed by atoms with E-state index in [1.54, 1.807) is 11.3 Å². The summed E-state index contributed by atoms with van der Waals surface area (Å²) in [5.41, 5.74) is 8.00. The normalized spacial score (nSPS) is 16.2. The first kappa shape index (κ1) is 15.2. The van der Waals surface area contributed by atoms with Gasteiger partial charge in [0.1, 0.15) is 6.04 Å². The van der Waals surface area contributed by atoms with Gasteiger partial charge in [0.25, 0.3) is 0 Å². The second kappa shape index (κ2) is 7.03. The largest absolute Gasteiger partial charge is 0.316 e. The van der Waals surface area contributed by atoms with E-state index in [-0.39, 0.29) is 5.91 Å². The molecule has 0 bridgehead atoms. The third-order valence-electron chi connectivity index (χ3n) is 4.02. The Labute approximate surface area is 134 Å². The molecule has 4 nitrogen and oxygen atoms in total. The lowest BCUT2D eigenvalue weighted by atomic mass is 10.0. The van der Waals surface area contributed by atoms with Crippen molar-refractivity contribution in [2.24, 2.45) is 5.73 Å². The van der Waals surface area contributed by atoms with Crippen molar-refractivity contribution in [3.63, 3.8) is 0 Å². The number of anilines is 1. The number of rotatable bonds is 3. The Bertz CT molecular complexity index is 613. The molecule has 1 atom stereocenters. The van der Waals surface area contributed by atoms with E-state index in [0.29, 0.717) is 5.13 Å². The number of hydrogen-bond acceptors (Lipinski definition) is 4. The molecule has 1 aliphatic rings. The number of benzene rings is 1. The van der Waals surface area contributed by atoms with Crippen molar-refractivity contribution in [2.75, 3.05) is 5.32 Å². The summed E-state index contributed by atoms with van der Waals surface area (Å²) in [5, 5.41) is 3.57. The molecule has 0 spiro atoms. The molecule has 0 saturated carbocycles. The smallest absolute Gasteiger partial charge is 0.247 e. The van der Waals surface area contributed by atoms with E-state index in [1.165, 1.54) is 30.6 Å². The molecular weight excluding hydrogens is 294 g/mol. The standard InChI is InChI=1S/C17H21N3OS/c18-15(12-8-4-3-5-9-12)16(21)20-17-19-13-10-6-1-2-7-11-14(13)22-17/h3-5,8-9,15H,1-2,6-7,10-11,18H2,(H,19,20,21). The highest BCUT2D eigenvalue weighted by molar-refractivity contribution is 7.15. The summed E-state index contributed by atoms with van der Waals surface area (Å²) in [5.74, 6) is -0.201. The summed E-state index contributed by atoms with van der Waals surface area (Å²) in [4.78, 5) is 18.2. The maximum atomic E-state index is 12.3. The van der Waals surface area contributed by atoms with Crippen LogP contribution >= 0.6 is 11.3 Å². The molecule has 0 fully saturated rings. The van der Waals surface area contributed by atoms with Gasteiger partial charge in [-0.2, -0.15) is 0 Å². The monoisotopic (exact) mass is 315 g/mol. The van der Waals surface area contributed by atoms with Crippen molar-refractivity contribution in [1.82, 2.24) is 4.98 Å². The van der Waals surface area contributed by atoms with E-state index < -0.39 is 6.04 Å². The Morgan fingerprint density at radius 1 is 1.14 bits per heavy atom. The van der Waals surface area contributed by atoms with Crippen LogP contribution in [0.5, 0.6) is 0 Å². The van der Waals surface area contributed by atoms with Crippen LogP contribution in [-0.2, 0) is 17.6 Å². The second-order valence-electron chi connectivity index (χ2n) is 5.68. The van der Waals surface area contributed by atoms with Crippen molar-refractivity contribution in [2.45, 2.75) is 44.6 Å². The number of amides is 1. The molecular formula is C17H21N3OS. The molecule has 3 N–H and O–H groups in total. The van der Waals surface area contributed by atoms with Gasteiger partial charge in [0.05, 0.1) is 5.69 Å². The number of thiazole rings is 1. The van der Waals surface area contributed by atoms with Crippen molar-refractivity contribution in [3.8, 4) is 0 Å². The van der Waals surface area contributed by atoms with Gasteiger partial charge in [0, 0.05) is 4.88 Å². The van der Waals surface area contributed by atoms with Crippen LogP contribution < -0.4 is 11.1 Å². The van der Waals surface area contributed by atoms with Gasteiger partial charge in [-0.15, -0.1) is 11.3 Å². The summed E-state index contributed by atoms with van der Waals surface area (Å²) in [6.45, 7) is 0. The fourth-order valence-corrected chi connectivity index (χ4v) is 3.81. The van der Waals surface area contributed by atoms with Crippen LogP contribution in [-0.4, -0.2) is 10.9 Å². The average molecular weight is 315 g/mol. The van der Waals surface area contributed by atoms with Crippen LogP contribution in [0.4, 0.5) is 5.13 Å². The topological polar surface area (TPSA) is 68.0 Å². The first-order valence-electron chi connectivity index (χ1n) is 7.84. The number of fused-ring (bicyclic) bond motifs is 1. The number of carbonyl (C=O) groups is 1. The molecule has 0 aliphatic heterocycles. The third kappa shape index (κ3) is 3.54. The van der Waals surface area contributed by atoms with Gasteiger partial charge in [-0.3, -0.25) is 4.79 Å². The van der Waals surface area contributed by atoms with Gasteiger partial charge >= 0.3 is 0 Å². The van der Waals surface area contributed by atoms with Gasteiger partial charge in [-0.05, 0) is 31.2 Å². The molecule has 1 amide bonds. The maximum Gasteiger partial charge on any atom is 0.247 e. The highest BCUT2D eigenvalue weighted by Crippen LogP contribution is 2.29. The number of nitrogens with zero attached hydrogens (tertiary/aromatic N) is 1. The summed E-state index contributed by atoms with van der Waals surface area (Å²) >= 11 is 1.60. The van der Waals surface area contributed by atoms with Crippen LogP contribution in [0.3, 0.4) is 0 Å². The van der Waals surface area contributed by atoms with Gasteiger partial charge in [-0.25, -0.2) is 4.98 Å². The Hall–Kier alpha value is -1.72. The molecule has 1 aliphatic carbocycles. The summed E-state index contributed by atoms with van der Waals surface area (Å²) < 4.78 is 0. The molecule has 2 aromatic rings. The molecule has 1 aromatic heterocycles. The first-order chi connectivity index (χ1) is 10.7. The van der Waals surface area contributed by atoms with Gasteiger partial charge in [0.2, 0.25) is 5.91 Å². The Morgan fingerprint density at radius 2 is 1.86 bits per heavy atom. The van der Waals surface area contributed by atoms with Crippen LogP contribution in [0.25, 0.3) is 0 Å². The van der Waals surface area contributed by atoms with Crippen molar-refractivity contribution >= 4 is 22.4 Å². The summed E-state index contributed by atoms with van der Waals surface area (Å²) in [7, 11) is 0. The summed E-state index contributed by atoms with van der Waals surface area (Å²) in [6, 6.07) is 8.76. The highest BCUT2D eigenvalue weighted by atomic mass is 32.1. The molecule has 0 radical (unpaired) electrons. The Morgan fingerprint density at radius 3 is 2.64 bits per heavy atom. The molecule has 1 heterocycles. The van der Waals surface area contributed by atoms with E-state index in [0.717, 1.165) is 24.1 Å². The van der Waals surface area contributed by atoms with Crippen molar-refractivity contribution in [1.29, 1.82) is 0 Å². The predicted molar refractivity (Wildman–Crippen MR) is 90.0 cm³/mol. The van der Waals surface area contributed by atoms with Gasteiger partial charge in [0.15, 0.2) is 5.13 Å². The zero-order valence-electron chi connectivity index (χ0n) is 12.5. The molecule has 5 heteroatoms. The molecule has 116 valence electrons. The van der Waals surface area contributed by atoms with E-state index >= 15 is 0 Å². The van der Waals surface area contributed by atoms with Crippen molar-refractivity contribution in [3.05, 3.63) is 46.5 Å². The highest BCUT2D eigenvalue weighted by Gasteiger charge is 2.19. The molecule has 0 saturated heterocycles. The number of aryl methyl sites for hydroxylation is 2. The van der Waals surface area contributed by atoms with E-state index in [4.69, 9.17) is 5.73 Å². The minimum atomic E-state index is -0.660. The van der Waals surface area contributed by atoms with E-state index in [2.05, 4.69) is 10.3 Å². The maximum absolute atomic E-state index is 12.3. The fraction of sp³-hybridized carbons (Fsp3) is 0.412. The average Bonchev–Trinajstić information content (AvgIpc) is 2.88. The molecule has 1 unspecified atom stereocenters. The number of hydrogen-bond donors (Lipinski definition) is 2. The fourth-order valence-electron chi connectivity index (χ4n) is 2.75. The zero-order chi connectivity index (χ0) is 15.4. The molecule has 3 rings (SSSR count). The minimum absolute atomic E-state index is 0.201. The second-order valence-corrected chi connectivity index (χ2v) is 6.76. The number of nitrogens with two attached hydrogens (primary N) is 1.